The predicted molar refractivity (Wildman–Crippen MR) is 129 cm³/mol. The summed E-state index contributed by atoms with van der Waals surface area (Å²) in [7, 11) is 1.77. The van der Waals surface area contributed by atoms with Gasteiger partial charge < -0.3 is 20.1 Å². The molecule has 2 aromatic carbocycles. The van der Waals surface area contributed by atoms with Gasteiger partial charge in [-0.25, -0.2) is 4.39 Å². The smallest absolute Gasteiger partial charge is 0.191 e. The number of guanidine groups is 1. The lowest BCUT2D eigenvalue weighted by molar-refractivity contribution is -0.0172. The summed E-state index contributed by atoms with van der Waals surface area (Å²) < 4.78 is 24.9. The second-order valence-corrected chi connectivity index (χ2v) is 8.91. The summed E-state index contributed by atoms with van der Waals surface area (Å²) in [5.41, 5.74) is 1.62. The fourth-order valence-electron chi connectivity index (χ4n) is 3.42. The molecule has 0 radical (unpaired) electrons. The zero-order valence-corrected chi connectivity index (χ0v) is 20.1. The Labute approximate surface area is 198 Å². The third kappa shape index (κ3) is 6.01. The van der Waals surface area contributed by atoms with Gasteiger partial charge in [0, 0.05) is 35.3 Å². The molecule has 4 rings (SSSR count). The lowest BCUT2D eigenvalue weighted by atomic mass is 10.1. The van der Waals surface area contributed by atoms with E-state index in [4.69, 9.17) is 9.47 Å². The minimum Gasteiger partial charge on any atom is -0.467 e. The molecule has 2 aromatic rings. The van der Waals surface area contributed by atoms with Gasteiger partial charge in [-0.1, -0.05) is 18.2 Å². The summed E-state index contributed by atoms with van der Waals surface area (Å²) in [6.45, 7) is 2.10. The van der Waals surface area contributed by atoms with Gasteiger partial charge >= 0.3 is 0 Å². The van der Waals surface area contributed by atoms with Crippen molar-refractivity contribution in [3.05, 3.63) is 59.4 Å². The van der Waals surface area contributed by atoms with E-state index in [0.717, 1.165) is 29.4 Å². The Morgan fingerprint density at radius 1 is 1.20 bits per heavy atom. The number of aliphatic imine (C=N–C) groups is 1. The average molecular weight is 543 g/mol. The van der Waals surface area contributed by atoms with Crippen molar-refractivity contribution in [2.45, 2.75) is 35.5 Å². The van der Waals surface area contributed by atoms with Gasteiger partial charge in [0.05, 0.1) is 6.61 Å². The van der Waals surface area contributed by atoms with Crippen molar-refractivity contribution in [3.8, 4) is 5.75 Å². The summed E-state index contributed by atoms with van der Waals surface area (Å²) >= 11 is 1.93. The monoisotopic (exact) mass is 543 g/mol. The number of hydrogen-bond donors (Lipinski definition) is 2. The normalized spacial score (nSPS) is 16.7. The van der Waals surface area contributed by atoms with Crippen LogP contribution in [-0.4, -0.2) is 37.6 Å². The molecule has 1 aliphatic heterocycles. The third-order valence-electron chi connectivity index (χ3n) is 5.13. The summed E-state index contributed by atoms with van der Waals surface area (Å²) in [5.74, 6) is 1.25. The number of rotatable bonds is 7. The van der Waals surface area contributed by atoms with Gasteiger partial charge in [0.1, 0.15) is 11.6 Å². The molecular weight excluding hydrogens is 516 g/mol. The van der Waals surface area contributed by atoms with E-state index in [1.807, 2.05) is 17.8 Å². The Bertz CT molecular complexity index is 878. The Morgan fingerprint density at radius 3 is 2.73 bits per heavy atom. The molecule has 0 bridgehead atoms. The van der Waals surface area contributed by atoms with Crippen LogP contribution in [0.2, 0.25) is 0 Å². The van der Waals surface area contributed by atoms with Gasteiger partial charge in [-0.15, -0.1) is 35.7 Å². The van der Waals surface area contributed by atoms with E-state index in [0.29, 0.717) is 19.6 Å². The van der Waals surface area contributed by atoms with Crippen LogP contribution in [0.4, 0.5) is 4.39 Å². The topological polar surface area (TPSA) is 54.9 Å². The van der Waals surface area contributed by atoms with Crippen LogP contribution < -0.4 is 15.4 Å². The molecule has 0 atom stereocenters. The maximum absolute atomic E-state index is 13.9. The molecule has 1 fully saturated rings. The van der Waals surface area contributed by atoms with Gasteiger partial charge in [-0.05, 0) is 49.1 Å². The molecule has 162 valence electrons. The zero-order chi connectivity index (χ0) is 20.1. The van der Waals surface area contributed by atoms with Gasteiger partial charge in [0.25, 0.3) is 0 Å². The lowest BCUT2D eigenvalue weighted by Gasteiger charge is -2.21. The van der Waals surface area contributed by atoms with E-state index in [1.165, 1.54) is 29.9 Å². The van der Waals surface area contributed by atoms with E-state index in [-0.39, 0.29) is 41.3 Å². The minimum atomic E-state index is -0.260. The Kier molecular flexibility index (Phi) is 8.24. The average Bonchev–Trinajstić information content (AvgIpc) is 3.50. The summed E-state index contributed by atoms with van der Waals surface area (Å²) in [6, 6.07) is 13.5. The lowest BCUT2D eigenvalue weighted by Crippen LogP contribution is -2.41. The Morgan fingerprint density at radius 2 is 2.00 bits per heavy atom. The SMILES string of the molecule is CN=C(NCCc1cc(F)cc2c1OCOC2)NCC1(Sc2ccccc2)CC1.I. The highest BCUT2D eigenvalue weighted by molar-refractivity contribution is 14.0. The number of nitrogens with one attached hydrogen (secondary N) is 2. The first kappa shape index (κ1) is 23.1. The highest BCUT2D eigenvalue weighted by Gasteiger charge is 2.43. The molecule has 5 nitrogen and oxygen atoms in total. The molecule has 0 saturated heterocycles. The number of thioether (sulfide) groups is 1. The van der Waals surface area contributed by atoms with E-state index in [1.54, 1.807) is 7.05 Å². The van der Waals surface area contributed by atoms with Crippen LogP contribution in [0.1, 0.15) is 24.0 Å². The summed E-state index contributed by atoms with van der Waals surface area (Å²) in [4.78, 5) is 5.62. The molecule has 30 heavy (non-hydrogen) atoms. The van der Waals surface area contributed by atoms with Crippen LogP contribution in [0.3, 0.4) is 0 Å². The number of benzene rings is 2. The maximum Gasteiger partial charge on any atom is 0.191 e. The van der Waals surface area contributed by atoms with Crippen molar-refractivity contribution in [3.63, 3.8) is 0 Å². The molecular formula is C22H27FIN3O2S. The van der Waals surface area contributed by atoms with Crippen molar-refractivity contribution in [2.24, 2.45) is 4.99 Å². The summed E-state index contributed by atoms with van der Waals surface area (Å²) in [5, 5.41) is 6.77. The predicted octanol–water partition coefficient (Wildman–Crippen LogP) is 4.34. The molecule has 0 aromatic heterocycles. The number of nitrogens with zero attached hydrogens (tertiary/aromatic N) is 1. The highest BCUT2D eigenvalue weighted by Crippen LogP contribution is 2.51. The molecule has 1 aliphatic carbocycles. The number of halogens is 2. The molecule has 0 amide bonds. The fourth-order valence-corrected chi connectivity index (χ4v) is 4.66. The van der Waals surface area contributed by atoms with Gasteiger partial charge in [-0.2, -0.15) is 0 Å². The molecule has 1 heterocycles. The number of fused-ring (bicyclic) bond motifs is 1. The second kappa shape index (κ2) is 10.7. The molecule has 2 aliphatic rings. The zero-order valence-electron chi connectivity index (χ0n) is 16.9. The van der Waals surface area contributed by atoms with E-state index in [2.05, 4.69) is 39.9 Å². The quantitative estimate of drug-likeness (QED) is 0.309. The van der Waals surface area contributed by atoms with Crippen LogP contribution in [0.5, 0.6) is 5.75 Å². The number of ether oxygens (including phenoxy) is 2. The van der Waals surface area contributed by atoms with Gasteiger partial charge in [0.2, 0.25) is 0 Å². The summed E-state index contributed by atoms with van der Waals surface area (Å²) in [6.07, 6.45) is 3.04. The van der Waals surface area contributed by atoms with E-state index < -0.39 is 0 Å². The Hall–Kier alpha value is -1.52. The van der Waals surface area contributed by atoms with Crippen molar-refractivity contribution in [1.82, 2.24) is 10.6 Å². The minimum absolute atomic E-state index is 0. The van der Waals surface area contributed by atoms with E-state index >= 15 is 0 Å². The second-order valence-electron chi connectivity index (χ2n) is 7.36. The molecule has 1 saturated carbocycles. The van der Waals surface area contributed by atoms with Crippen molar-refractivity contribution in [1.29, 1.82) is 0 Å². The van der Waals surface area contributed by atoms with Crippen molar-refractivity contribution < 1.29 is 13.9 Å². The Balaban J connectivity index is 0.00000256. The third-order valence-corrected chi connectivity index (χ3v) is 6.62. The molecule has 0 spiro atoms. The van der Waals surface area contributed by atoms with Crippen LogP contribution in [-0.2, 0) is 17.8 Å². The maximum atomic E-state index is 13.9. The first-order valence-electron chi connectivity index (χ1n) is 9.88. The van der Waals surface area contributed by atoms with Gasteiger partial charge in [-0.3, -0.25) is 4.99 Å². The van der Waals surface area contributed by atoms with Crippen molar-refractivity contribution in [2.75, 3.05) is 26.9 Å². The van der Waals surface area contributed by atoms with Gasteiger partial charge in [0.15, 0.2) is 12.8 Å². The van der Waals surface area contributed by atoms with Crippen LogP contribution in [0, 0.1) is 5.82 Å². The first-order chi connectivity index (χ1) is 14.2. The van der Waals surface area contributed by atoms with Crippen LogP contribution in [0.25, 0.3) is 0 Å². The molecule has 2 N–H and O–H groups in total. The molecule has 8 heteroatoms. The van der Waals surface area contributed by atoms with Crippen LogP contribution >= 0.6 is 35.7 Å². The van der Waals surface area contributed by atoms with Crippen molar-refractivity contribution >= 4 is 41.7 Å². The number of hydrogen-bond acceptors (Lipinski definition) is 4. The fraction of sp³-hybridized carbons (Fsp3) is 0.409. The largest absolute Gasteiger partial charge is 0.467 e. The first-order valence-corrected chi connectivity index (χ1v) is 10.7. The standard InChI is InChI=1S/C22H26FN3O2S.HI/c1-24-21(26-14-22(8-9-22)29-19-5-3-2-4-6-19)25-10-7-16-11-18(23)12-17-13-27-15-28-20(16)17;/h2-6,11-12H,7-10,13-15H2,1H3,(H2,24,25,26);1H. The van der Waals surface area contributed by atoms with E-state index in [9.17, 15) is 4.39 Å². The highest BCUT2D eigenvalue weighted by atomic mass is 127. The van der Waals surface area contributed by atoms with Crippen LogP contribution in [0.15, 0.2) is 52.4 Å². The molecule has 0 unspecified atom stereocenters.